The molecule has 0 fully saturated rings. The molecule has 1 aliphatic rings. The zero-order chi connectivity index (χ0) is 11.3. The van der Waals surface area contributed by atoms with Crippen LogP contribution in [0.3, 0.4) is 0 Å². The van der Waals surface area contributed by atoms with Crippen LogP contribution in [0.15, 0.2) is 27.3 Å². The van der Waals surface area contributed by atoms with Crippen LogP contribution >= 0.6 is 15.9 Å². The first-order valence-corrected chi connectivity index (χ1v) is 6.53. The summed E-state index contributed by atoms with van der Waals surface area (Å²) in [7, 11) is 0. The number of halogens is 1. The Morgan fingerprint density at radius 1 is 1.67 bits per heavy atom. The number of hydrogen-bond acceptors (Lipinski definition) is 1. The van der Waals surface area contributed by atoms with Crippen LogP contribution in [-0.4, -0.2) is 5.71 Å². The predicted octanol–water partition coefficient (Wildman–Crippen LogP) is 4.84. The summed E-state index contributed by atoms with van der Waals surface area (Å²) in [6.45, 7) is 6.50. The molecule has 0 aromatic rings. The van der Waals surface area contributed by atoms with Gasteiger partial charge in [0.2, 0.25) is 0 Å². The minimum atomic E-state index is 0.567. The molecule has 0 radical (unpaired) electrons. The van der Waals surface area contributed by atoms with E-state index in [1.165, 1.54) is 30.5 Å². The third-order valence-electron chi connectivity index (χ3n) is 2.83. The van der Waals surface area contributed by atoms with E-state index in [4.69, 9.17) is 0 Å². The molecule has 84 valence electrons. The van der Waals surface area contributed by atoms with Gasteiger partial charge in [0, 0.05) is 16.4 Å². The zero-order valence-corrected chi connectivity index (χ0v) is 11.5. The van der Waals surface area contributed by atoms with Crippen molar-refractivity contribution in [2.75, 3.05) is 0 Å². The Morgan fingerprint density at radius 2 is 2.40 bits per heavy atom. The molecular formula is C13H20BrN. The van der Waals surface area contributed by atoms with Crippen molar-refractivity contribution in [3.8, 4) is 0 Å². The molecule has 0 aromatic carbocycles. The lowest BCUT2D eigenvalue weighted by Gasteiger charge is -2.13. The van der Waals surface area contributed by atoms with Crippen molar-refractivity contribution in [1.29, 1.82) is 0 Å². The summed E-state index contributed by atoms with van der Waals surface area (Å²) in [5.41, 5.74) is 2.75. The lowest BCUT2D eigenvalue weighted by Crippen LogP contribution is -2.12. The smallest absolute Gasteiger partial charge is 0.0460 e. The summed E-state index contributed by atoms with van der Waals surface area (Å²) in [6, 6.07) is 0. The highest BCUT2D eigenvalue weighted by molar-refractivity contribution is 9.11. The lowest BCUT2D eigenvalue weighted by atomic mass is 9.95. The monoisotopic (exact) mass is 269 g/mol. The van der Waals surface area contributed by atoms with Crippen LogP contribution in [0.5, 0.6) is 0 Å². The van der Waals surface area contributed by atoms with Gasteiger partial charge in [-0.1, -0.05) is 35.9 Å². The Labute approximate surface area is 101 Å². The van der Waals surface area contributed by atoms with Crippen molar-refractivity contribution < 1.29 is 0 Å². The van der Waals surface area contributed by atoms with Gasteiger partial charge in [-0.25, -0.2) is 0 Å². The zero-order valence-electron chi connectivity index (χ0n) is 9.89. The first-order valence-electron chi connectivity index (χ1n) is 5.74. The van der Waals surface area contributed by atoms with Gasteiger partial charge in [0.1, 0.15) is 0 Å². The average Bonchev–Trinajstić information content (AvgIpc) is 2.70. The maximum atomic E-state index is 4.62. The number of rotatable bonds is 4. The topological polar surface area (TPSA) is 12.4 Å². The van der Waals surface area contributed by atoms with Crippen molar-refractivity contribution in [2.24, 2.45) is 10.9 Å². The molecule has 1 unspecified atom stereocenters. The van der Waals surface area contributed by atoms with E-state index in [1.54, 1.807) is 0 Å². The number of nitrogens with zero attached hydrogens (tertiary/aromatic N) is 1. The molecule has 15 heavy (non-hydrogen) atoms. The second-order valence-corrected chi connectivity index (χ2v) is 5.41. The van der Waals surface area contributed by atoms with Crippen LogP contribution in [0.25, 0.3) is 0 Å². The van der Waals surface area contributed by atoms with Crippen molar-refractivity contribution in [3.05, 3.63) is 22.3 Å². The molecule has 1 atom stereocenters. The fourth-order valence-corrected chi connectivity index (χ4v) is 1.88. The van der Waals surface area contributed by atoms with Gasteiger partial charge in [0.25, 0.3) is 0 Å². The molecule has 0 aliphatic heterocycles. The van der Waals surface area contributed by atoms with Gasteiger partial charge in [-0.2, -0.15) is 0 Å². The standard InChI is InChI=1S/C13H20BrN/c1-4-10(2)13(15-9-11(3)14)12-7-5-6-8-12/h7,9-10H,4-6,8H2,1-3H3/b11-9+,15-13+. The highest BCUT2D eigenvalue weighted by atomic mass is 79.9. The van der Waals surface area contributed by atoms with Crippen LogP contribution in [0.4, 0.5) is 0 Å². The largest absolute Gasteiger partial charge is 0.260 e. The summed E-state index contributed by atoms with van der Waals surface area (Å²) in [6.07, 6.45) is 9.15. The van der Waals surface area contributed by atoms with E-state index in [0.29, 0.717) is 5.92 Å². The third-order valence-corrected chi connectivity index (χ3v) is 3.04. The molecule has 1 rings (SSSR count). The van der Waals surface area contributed by atoms with Crippen molar-refractivity contribution in [1.82, 2.24) is 0 Å². The third kappa shape index (κ3) is 3.94. The Balaban J connectivity index is 2.87. The SMILES string of the molecule is CCC(C)/C(=N\C=C(/C)Br)C1=CCCC1. The molecule has 0 N–H and O–H groups in total. The Bertz CT molecular complexity index is 296. The molecule has 1 aliphatic carbocycles. The normalized spacial score (nSPS) is 20.4. The average molecular weight is 270 g/mol. The van der Waals surface area contributed by atoms with Crippen molar-refractivity contribution in [2.45, 2.75) is 46.5 Å². The van der Waals surface area contributed by atoms with E-state index in [-0.39, 0.29) is 0 Å². The quantitative estimate of drug-likeness (QED) is 0.648. The molecule has 1 nitrogen and oxygen atoms in total. The first kappa shape index (κ1) is 12.7. The van der Waals surface area contributed by atoms with Gasteiger partial charge in [-0.15, -0.1) is 0 Å². The van der Waals surface area contributed by atoms with E-state index in [1.807, 2.05) is 13.1 Å². The summed E-state index contributed by atoms with van der Waals surface area (Å²) < 4.78 is 1.09. The molecule has 0 bridgehead atoms. The molecular weight excluding hydrogens is 250 g/mol. The van der Waals surface area contributed by atoms with Crippen LogP contribution in [-0.2, 0) is 0 Å². The fourth-order valence-electron chi connectivity index (χ4n) is 1.78. The summed E-state index contributed by atoms with van der Waals surface area (Å²) in [5, 5.41) is 0. The van der Waals surface area contributed by atoms with Crippen LogP contribution < -0.4 is 0 Å². The Hall–Kier alpha value is -0.370. The maximum absolute atomic E-state index is 4.62. The van der Waals surface area contributed by atoms with Crippen LogP contribution in [0.1, 0.15) is 46.5 Å². The lowest BCUT2D eigenvalue weighted by molar-refractivity contribution is 0.735. The molecule has 0 aromatic heterocycles. The van der Waals surface area contributed by atoms with E-state index in [2.05, 4.69) is 40.8 Å². The van der Waals surface area contributed by atoms with Crippen molar-refractivity contribution >= 4 is 21.6 Å². The summed E-state index contributed by atoms with van der Waals surface area (Å²) >= 11 is 3.42. The first-order chi connectivity index (χ1) is 7.15. The number of hydrogen-bond donors (Lipinski definition) is 0. The summed E-state index contributed by atoms with van der Waals surface area (Å²) in [4.78, 5) is 4.62. The Morgan fingerprint density at radius 3 is 2.87 bits per heavy atom. The highest BCUT2D eigenvalue weighted by Crippen LogP contribution is 2.24. The summed E-state index contributed by atoms with van der Waals surface area (Å²) in [5.74, 6) is 0.567. The minimum absolute atomic E-state index is 0.567. The van der Waals surface area contributed by atoms with E-state index in [0.717, 1.165) is 10.9 Å². The van der Waals surface area contributed by atoms with Gasteiger partial charge in [-0.05, 0) is 44.1 Å². The predicted molar refractivity (Wildman–Crippen MR) is 71.5 cm³/mol. The van der Waals surface area contributed by atoms with Gasteiger partial charge < -0.3 is 0 Å². The van der Waals surface area contributed by atoms with Crippen molar-refractivity contribution in [3.63, 3.8) is 0 Å². The van der Waals surface area contributed by atoms with Crippen LogP contribution in [0, 0.1) is 5.92 Å². The highest BCUT2D eigenvalue weighted by Gasteiger charge is 2.15. The van der Waals surface area contributed by atoms with Gasteiger partial charge in [-0.3, -0.25) is 4.99 Å². The minimum Gasteiger partial charge on any atom is -0.260 e. The molecule has 0 spiro atoms. The van der Waals surface area contributed by atoms with Gasteiger partial charge in [0.05, 0.1) is 0 Å². The molecule has 0 saturated heterocycles. The molecule has 2 heteroatoms. The second-order valence-electron chi connectivity index (χ2n) is 4.16. The van der Waals surface area contributed by atoms with Gasteiger partial charge >= 0.3 is 0 Å². The maximum Gasteiger partial charge on any atom is 0.0460 e. The van der Waals surface area contributed by atoms with Crippen LogP contribution in [0.2, 0.25) is 0 Å². The fraction of sp³-hybridized carbons (Fsp3) is 0.615. The second kappa shape index (κ2) is 6.26. The molecule has 0 heterocycles. The molecule has 0 amide bonds. The number of allylic oxidation sites excluding steroid dienone is 3. The van der Waals surface area contributed by atoms with E-state index in [9.17, 15) is 0 Å². The van der Waals surface area contributed by atoms with E-state index < -0.39 is 0 Å². The van der Waals surface area contributed by atoms with Gasteiger partial charge in [0.15, 0.2) is 0 Å². The van der Waals surface area contributed by atoms with E-state index >= 15 is 0 Å². The Kier molecular flexibility index (Phi) is 5.30. The number of aliphatic imine (C=N–C) groups is 1. The molecule has 0 saturated carbocycles.